The van der Waals surface area contributed by atoms with E-state index in [9.17, 15) is 9.59 Å². The fourth-order valence-corrected chi connectivity index (χ4v) is 2.63. The van der Waals surface area contributed by atoms with E-state index in [0.717, 1.165) is 5.82 Å². The quantitative estimate of drug-likeness (QED) is 0.863. The van der Waals surface area contributed by atoms with E-state index in [1.54, 1.807) is 9.13 Å². The van der Waals surface area contributed by atoms with E-state index < -0.39 is 0 Å². The van der Waals surface area contributed by atoms with Crippen LogP contribution >= 0.6 is 0 Å². The van der Waals surface area contributed by atoms with Gasteiger partial charge in [-0.05, 0) is 19.9 Å². The van der Waals surface area contributed by atoms with E-state index in [-0.39, 0.29) is 17.2 Å². The molecule has 116 valence electrons. The van der Waals surface area contributed by atoms with Gasteiger partial charge in [0.25, 0.3) is 5.56 Å². The molecule has 2 rings (SSSR count). The van der Waals surface area contributed by atoms with Crippen LogP contribution in [0.2, 0.25) is 0 Å². The largest absolute Gasteiger partial charge is 0.332 e. The standard InChI is InChI=1S/C14H23N5O2/c1-5-18-12-10(17(4)11(16-12)9(2)3)13(20)19(14(18)21)8-6-7-15/h9H,5-8,15H2,1-4H3. The molecule has 0 amide bonds. The highest BCUT2D eigenvalue weighted by molar-refractivity contribution is 5.71. The van der Waals surface area contributed by atoms with Gasteiger partial charge in [-0.2, -0.15) is 0 Å². The predicted octanol–water partition coefficient (Wildman–Crippen LogP) is 0.389. The molecule has 0 bridgehead atoms. The summed E-state index contributed by atoms with van der Waals surface area (Å²) in [5, 5.41) is 0. The number of hydrogen-bond donors (Lipinski definition) is 1. The molecule has 2 heterocycles. The zero-order valence-corrected chi connectivity index (χ0v) is 13.1. The summed E-state index contributed by atoms with van der Waals surface area (Å²) in [5.74, 6) is 0.986. The molecule has 0 aliphatic carbocycles. The third kappa shape index (κ3) is 2.42. The Morgan fingerprint density at radius 2 is 1.90 bits per heavy atom. The normalized spacial score (nSPS) is 11.7. The average Bonchev–Trinajstić information content (AvgIpc) is 2.77. The first-order valence-corrected chi connectivity index (χ1v) is 7.34. The number of aromatic nitrogens is 4. The molecule has 7 nitrogen and oxygen atoms in total. The Hall–Kier alpha value is -1.89. The van der Waals surface area contributed by atoms with Crippen LogP contribution < -0.4 is 17.0 Å². The van der Waals surface area contributed by atoms with Crippen LogP contribution in [0.5, 0.6) is 0 Å². The summed E-state index contributed by atoms with van der Waals surface area (Å²) in [7, 11) is 1.82. The van der Waals surface area contributed by atoms with Crippen molar-refractivity contribution in [2.24, 2.45) is 12.8 Å². The number of imidazole rings is 1. The van der Waals surface area contributed by atoms with Crippen LogP contribution in [-0.4, -0.2) is 25.2 Å². The molecule has 0 saturated carbocycles. The molecule has 2 aromatic heterocycles. The average molecular weight is 293 g/mol. The van der Waals surface area contributed by atoms with Crippen molar-refractivity contribution in [3.8, 4) is 0 Å². The van der Waals surface area contributed by atoms with Crippen molar-refractivity contribution in [1.29, 1.82) is 0 Å². The summed E-state index contributed by atoms with van der Waals surface area (Å²) in [6.07, 6.45) is 0.596. The van der Waals surface area contributed by atoms with Gasteiger partial charge in [-0.25, -0.2) is 9.78 Å². The van der Waals surface area contributed by atoms with Crippen molar-refractivity contribution < 1.29 is 0 Å². The number of aryl methyl sites for hydroxylation is 2. The lowest BCUT2D eigenvalue weighted by atomic mass is 10.2. The van der Waals surface area contributed by atoms with Crippen LogP contribution in [0.4, 0.5) is 0 Å². The number of hydrogen-bond acceptors (Lipinski definition) is 4. The van der Waals surface area contributed by atoms with Gasteiger partial charge < -0.3 is 10.3 Å². The van der Waals surface area contributed by atoms with Gasteiger partial charge in [0.05, 0.1) is 0 Å². The van der Waals surface area contributed by atoms with Crippen molar-refractivity contribution in [2.45, 2.75) is 46.2 Å². The summed E-state index contributed by atoms with van der Waals surface area (Å²) >= 11 is 0. The lowest BCUT2D eigenvalue weighted by molar-refractivity contribution is 0.560. The highest BCUT2D eigenvalue weighted by Crippen LogP contribution is 2.17. The molecule has 0 unspecified atom stereocenters. The van der Waals surface area contributed by atoms with Gasteiger partial charge in [0.1, 0.15) is 5.82 Å². The second kappa shape index (κ2) is 5.85. The molecular weight excluding hydrogens is 270 g/mol. The van der Waals surface area contributed by atoms with Gasteiger partial charge >= 0.3 is 5.69 Å². The maximum Gasteiger partial charge on any atom is 0.332 e. The molecule has 0 saturated heterocycles. The molecule has 2 aromatic rings. The Morgan fingerprint density at radius 1 is 1.24 bits per heavy atom. The lowest BCUT2D eigenvalue weighted by Gasteiger charge is -2.09. The molecule has 0 atom stereocenters. The van der Waals surface area contributed by atoms with E-state index in [0.29, 0.717) is 37.2 Å². The Morgan fingerprint density at radius 3 is 2.43 bits per heavy atom. The van der Waals surface area contributed by atoms with Crippen molar-refractivity contribution in [2.75, 3.05) is 6.54 Å². The molecule has 0 spiro atoms. The van der Waals surface area contributed by atoms with E-state index in [4.69, 9.17) is 5.73 Å². The minimum atomic E-state index is -0.308. The molecule has 0 fully saturated rings. The fraction of sp³-hybridized carbons (Fsp3) is 0.643. The molecule has 0 radical (unpaired) electrons. The van der Waals surface area contributed by atoms with Gasteiger partial charge in [0, 0.05) is 26.1 Å². The highest BCUT2D eigenvalue weighted by Gasteiger charge is 2.20. The molecule has 0 aromatic carbocycles. The second-order valence-corrected chi connectivity index (χ2v) is 5.48. The Kier molecular flexibility index (Phi) is 4.32. The SMILES string of the molecule is CCn1c(=O)n(CCCN)c(=O)c2c1nc(C(C)C)n2C. The first-order chi connectivity index (χ1) is 9.93. The molecule has 21 heavy (non-hydrogen) atoms. The topological polar surface area (TPSA) is 87.8 Å². The van der Waals surface area contributed by atoms with E-state index in [1.807, 2.05) is 27.8 Å². The number of nitrogens with zero attached hydrogens (tertiary/aromatic N) is 4. The van der Waals surface area contributed by atoms with Crippen LogP contribution in [-0.2, 0) is 20.1 Å². The Balaban J connectivity index is 2.88. The van der Waals surface area contributed by atoms with Crippen LogP contribution in [0.15, 0.2) is 9.59 Å². The molecule has 2 N–H and O–H groups in total. The number of nitrogens with two attached hydrogens (primary N) is 1. The fourth-order valence-electron chi connectivity index (χ4n) is 2.63. The minimum Gasteiger partial charge on any atom is -0.330 e. The first kappa shape index (κ1) is 15.5. The van der Waals surface area contributed by atoms with Crippen molar-refractivity contribution >= 4 is 11.2 Å². The second-order valence-electron chi connectivity index (χ2n) is 5.48. The lowest BCUT2D eigenvalue weighted by Crippen LogP contribution is -2.40. The predicted molar refractivity (Wildman–Crippen MR) is 82.7 cm³/mol. The van der Waals surface area contributed by atoms with E-state index in [2.05, 4.69) is 4.98 Å². The van der Waals surface area contributed by atoms with E-state index >= 15 is 0 Å². The van der Waals surface area contributed by atoms with Crippen molar-refractivity contribution in [3.05, 3.63) is 26.7 Å². The first-order valence-electron chi connectivity index (χ1n) is 7.34. The van der Waals surface area contributed by atoms with Gasteiger partial charge in [-0.15, -0.1) is 0 Å². The maximum atomic E-state index is 12.6. The van der Waals surface area contributed by atoms with Crippen LogP contribution in [0.25, 0.3) is 11.2 Å². The van der Waals surface area contributed by atoms with Crippen molar-refractivity contribution in [1.82, 2.24) is 18.7 Å². The minimum absolute atomic E-state index is 0.180. The smallest absolute Gasteiger partial charge is 0.330 e. The summed E-state index contributed by atoms with van der Waals surface area (Å²) < 4.78 is 4.62. The number of fused-ring (bicyclic) bond motifs is 1. The zero-order valence-electron chi connectivity index (χ0n) is 13.1. The molecular formula is C14H23N5O2. The summed E-state index contributed by atoms with van der Waals surface area (Å²) in [5.41, 5.74) is 5.86. The van der Waals surface area contributed by atoms with E-state index in [1.165, 1.54) is 4.57 Å². The van der Waals surface area contributed by atoms with Gasteiger partial charge in [-0.1, -0.05) is 13.8 Å². The summed E-state index contributed by atoms with van der Waals surface area (Å²) in [4.78, 5) is 29.6. The summed E-state index contributed by atoms with van der Waals surface area (Å²) in [6, 6.07) is 0. The summed E-state index contributed by atoms with van der Waals surface area (Å²) in [6.45, 7) is 7.17. The Bertz CT molecular complexity index is 766. The molecule has 0 aliphatic heterocycles. The number of rotatable bonds is 5. The van der Waals surface area contributed by atoms with Gasteiger partial charge in [-0.3, -0.25) is 13.9 Å². The molecule has 0 aliphatic rings. The van der Waals surface area contributed by atoms with Gasteiger partial charge in [0.15, 0.2) is 11.2 Å². The van der Waals surface area contributed by atoms with Crippen LogP contribution in [0, 0.1) is 0 Å². The van der Waals surface area contributed by atoms with Crippen molar-refractivity contribution in [3.63, 3.8) is 0 Å². The maximum absolute atomic E-state index is 12.6. The Labute approximate surface area is 123 Å². The van der Waals surface area contributed by atoms with Crippen LogP contribution in [0.3, 0.4) is 0 Å². The monoisotopic (exact) mass is 293 g/mol. The van der Waals surface area contributed by atoms with Gasteiger partial charge in [0.2, 0.25) is 0 Å². The third-order valence-electron chi connectivity index (χ3n) is 3.69. The molecule has 7 heteroatoms. The highest BCUT2D eigenvalue weighted by atomic mass is 16.2. The zero-order chi connectivity index (χ0) is 15.7. The van der Waals surface area contributed by atoms with Crippen LogP contribution in [0.1, 0.15) is 38.9 Å². The third-order valence-corrected chi connectivity index (χ3v) is 3.69.